The maximum absolute atomic E-state index is 12.3. The van der Waals surface area contributed by atoms with Crippen molar-refractivity contribution in [3.8, 4) is 0 Å². The minimum Gasteiger partial charge on any atom is -0.355 e. The summed E-state index contributed by atoms with van der Waals surface area (Å²) in [7, 11) is 0. The van der Waals surface area contributed by atoms with Crippen molar-refractivity contribution in [3.05, 3.63) is 17.8 Å². The zero-order valence-electron chi connectivity index (χ0n) is 13.8. The van der Waals surface area contributed by atoms with Gasteiger partial charge < -0.3 is 16.0 Å². The van der Waals surface area contributed by atoms with Gasteiger partial charge in [0.25, 0.3) is 5.91 Å². The Morgan fingerprint density at radius 2 is 1.83 bits per heavy atom. The maximum Gasteiger partial charge on any atom is 0.272 e. The van der Waals surface area contributed by atoms with Crippen molar-refractivity contribution in [2.24, 2.45) is 11.7 Å². The number of hydrogen-bond acceptors (Lipinski definition) is 5. The molecule has 2 unspecified atom stereocenters. The lowest BCUT2D eigenvalue weighted by molar-refractivity contribution is 0.0902. The van der Waals surface area contributed by atoms with Crippen LogP contribution in [0.2, 0.25) is 0 Å². The highest BCUT2D eigenvalue weighted by atomic mass is 35.5. The standard InChI is InChI=1S/C16H25N5O.2ClH/c17-11-12-5-1-2-6-13(12)18-16(22)14-7-8-15(20-19-14)21-9-3-4-10-21;;/h7-8,12-13H,1-6,9-11,17H2,(H,18,22);2*1H. The van der Waals surface area contributed by atoms with Gasteiger partial charge in [-0.1, -0.05) is 12.8 Å². The summed E-state index contributed by atoms with van der Waals surface area (Å²) < 4.78 is 0. The lowest BCUT2D eigenvalue weighted by Crippen LogP contribution is -2.45. The SMILES string of the molecule is Cl.Cl.NCC1CCCCC1NC(=O)c1ccc(N2CCCC2)nn1. The van der Waals surface area contributed by atoms with Gasteiger partial charge in [-0.3, -0.25) is 4.79 Å². The quantitative estimate of drug-likeness (QED) is 0.842. The van der Waals surface area contributed by atoms with E-state index < -0.39 is 0 Å². The average Bonchev–Trinajstić information content (AvgIpc) is 3.10. The Morgan fingerprint density at radius 1 is 1.12 bits per heavy atom. The Morgan fingerprint density at radius 3 is 2.46 bits per heavy atom. The zero-order valence-corrected chi connectivity index (χ0v) is 15.5. The van der Waals surface area contributed by atoms with Crippen LogP contribution < -0.4 is 16.0 Å². The van der Waals surface area contributed by atoms with Crippen LogP contribution in [-0.4, -0.2) is 41.8 Å². The van der Waals surface area contributed by atoms with Crippen LogP contribution >= 0.6 is 24.8 Å². The normalized spacial score (nSPS) is 23.1. The van der Waals surface area contributed by atoms with Crippen molar-refractivity contribution < 1.29 is 4.79 Å². The van der Waals surface area contributed by atoms with Crippen LogP contribution in [0, 0.1) is 5.92 Å². The van der Waals surface area contributed by atoms with Gasteiger partial charge in [0.2, 0.25) is 0 Å². The Hall–Kier alpha value is -1.11. The van der Waals surface area contributed by atoms with Gasteiger partial charge in [-0.2, -0.15) is 0 Å². The molecule has 2 atom stereocenters. The number of amides is 1. The molecule has 0 radical (unpaired) electrons. The van der Waals surface area contributed by atoms with E-state index in [0.717, 1.165) is 38.2 Å². The molecule has 0 aromatic carbocycles. The molecule has 3 rings (SSSR count). The van der Waals surface area contributed by atoms with Crippen LogP contribution in [0.1, 0.15) is 49.0 Å². The second-order valence-electron chi connectivity index (χ2n) is 6.33. The Balaban J connectivity index is 0.00000144. The van der Waals surface area contributed by atoms with Crippen molar-refractivity contribution in [2.45, 2.75) is 44.6 Å². The van der Waals surface area contributed by atoms with E-state index in [1.54, 1.807) is 6.07 Å². The van der Waals surface area contributed by atoms with Gasteiger partial charge in [0, 0.05) is 19.1 Å². The summed E-state index contributed by atoms with van der Waals surface area (Å²) in [6, 6.07) is 3.84. The highest BCUT2D eigenvalue weighted by Crippen LogP contribution is 2.24. The molecular weight excluding hydrogens is 349 g/mol. The fourth-order valence-corrected chi connectivity index (χ4v) is 3.48. The highest BCUT2D eigenvalue weighted by Gasteiger charge is 2.26. The third-order valence-electron chi connectivity index (χ3n) is 4.84. The van der Waals surface area contributed by atoms with Crippen LogP contribution in [0.3, 0.4) is 0 Å². The number of hydrogen-bond donors (Lipinski definition) is 2. The van der Waals surface area contributed by atoms with E-state index >= 15 is 0 Å². The van der Waals surface area contributed by atoms with Gasteiger partial charge in [0.05, 0.1) is 0 Å². The number of nitrogens with one attached hydrogen (secondary N) is 1. The molecule has 1 aromatic rings. The van der Waals surface area contributed by atoms with E-state index in [1.807, 2.05) is 6.07 Å². The van der Waals surface area contributed by atoms with Crippen molar-refractivity contribution in [1.29, 1.82) is 0 Å². The van der Waals surface area contributed by atoms with Crippen LogP contribution in [-0.2, 0) is 0 Å². The van der Waals surface area contributed by atoms with Gasteiger partial charge in [0.1, 0.15) is 0 Å². The number of aromatic nitrogens is 2. The monoisotopic (exact) mass is 375 g/mol. The topological polar surface area (TPSA) is 84.1 Å². The van der Waals surface area contributed by atoms with Crippen LogP contribution in [0.25, 0.3) is 0 Å². The van der Waals surface area contributed by atoms with E-state index in [1.165, 1.54) is 19.3 Å². The summed E-state index contributed by atoms with van der Waals surface area (Å²) in [6.45, 7) is 2.69. The van der Waals surface area contributed by atoms with Crippen LogP contribution in [0.4, 0.5) is 5.82 Å². The third kappa shape index (κ3) is 4.94. The summed E-state index contributed by atoms with van der Waals surface area (Å²) in [5, 5.41) is 11.4. The van der Waals surface area contributed by atoms with Gasteiger partial charge in [0.15, 0.2) is 11.5 Å². The first-order chi connectivity index (χ1) is 10.8. The van der Waals surface area contributed by atoms with Crippen molar-refractivity contribution in [1.82, 2.24) is 15.5 Å². The molecule has 1 aliphatic carbocycles. The number of carbonyl (C=O) groups is 1. The summed E-state index contributed by atoms with van der Waals surface area (Å²) in [6.07, 6.45) is 6.87. The zero-order chi connectivity index (χ0) is 15.4. The number of anilines is 1. The van der Waals surface area contributed by atoms with Crippen molar-refractivity contribution >= 4 is 36.5 Å². The number of nitrogens with two attached hydrogens (primary N) is 1. The predicted octanol–water partition coefficient (Wildman–Crippen LogP) is 2.17. The molecule has 1 saturated carbocycles. The molecule has 0 bridgehead atoms. The Labute approximate surface area is 155 Å². The number of nitrogens with zero attached hydrogens (tertiary/aromatic N) is 3. The summed E-state index contributed by atoms with van der Waals surface area (Å²) in [5.74, 6) is 1.12. The molecule has 0 spiro atoms. The fraction of sp³-hybridized carbons (Fsp3) is 0.688. The van der Waals surface area contributed by atoms with Crippen LogP contribution in [0.15, 0.2) is 12.1 Å². The van der Waals surface area contributed by atoms with Gasteiger partial charge in [-0.25, -0.2) is 0 Å². The molecular formula is C16H27Cl2N5O. The number of rotatable bonds is 4. The summed E-state index contributed by atoms with van der Waals surface area (Å²) >= 11 is 0. The molecule has 2 aliphatic rings. The van der Waals surface area contributed by atoms with E-state index in [9.17, 15) is 4.79 Å². The molecule has 3 N–H and O–H groups in total. The van der Waals surface area contributed by atoms with Crippen molar-refractivity contribution in [2.75, 3.05) is 24.5 Å². The maximum atomic E-state index is 12.3. The minimum absolute atomic E-state index is 0. The summed E-state index contributed by atoms with van der Waals surface area (Å²) in [5.41, 5.74) is 6.21. The first-order valence-electron chi connectivity index (χ1n) is 8.37. The molecule has 1 amide bonds. The molecule has 1 aliphatic heterocycles. The van der Waals surface area contributed by atoms with Gasteiger partial charge >= 0.3 is 0 Å². The lowest BCUT2D eigenvalue weighted by atomic mass is 9.84. The Bertz CT molecular complexity index is 508. The molecule has 2 fully saturated rings. The van der Waals surface area contributed by atoms with Gasteiger partial charge in [-0.15, -0.1) is 35.0 Å². The predicted molar refractivity (Wildman–Crippen MR) is 100 cm³/mol. The van der Waals surface area contributed by atoms with E-state index in [2.05, 4.69) is 20.4 Å². The Kier molecular flexibility index (Phi) is 8.73. The van der Waals surface area contributed by atoms with Crippen molar-refractivity contribution in [3.63, 3.8) is 0 Å². The smallest absolute Gasteiger partial charge is 0.272 e. The van der Waals surface area contributed by atoms with Gasteiger partial charge in [-0.05, 0) is 50.3 Å². The third-order valence-corrected chi connectivity index (χ3v) is 4.84. The minimum atomic E-state index is -0.133. The molecule has 1 aromatic heterocycles. The molecule has 24 heavy (non-hydrogen) atoms. The highest BCUT2D eigenvalue weighted by molar-refractivity contribution is 5.92. The second kappa shape index (κ2) is 10.0. The fourth-order valence-electron chi connectivity index (χ4n) is 3.48. The number of halogens is 2. The van der Waals surface area contributed by atoms with E-state index in [0.29, 0.717) is 18.2 Å². The average molecular weight is 376 g/mol. The second-order valence-corrected chi connectivity index (χ2v) is 6.33. The first kappa shape index (κ1) is 20.9. The molecule has 136 valence electrons. The molecule has 6 nitrogen and oxygen atoms in total. The molecule has 8 heteroatoms. The van der Waals surface area contributed by atoms with E-state index in [-0.39, 0.29) is 36.8 Å². The van der Waals surface area contributed by atoms with Crippen LogP contribution in [0.5, 0.6) is 0 Å². The molecule has 2 heterocycles. The number of carbonyl (C=O) groups excluding carboxylic acids is 1. The molecule has 1 saturated heterocycles. The lowest BCUT2D eigenvalue weighted by Gasteiger charge is -2.31. The summed E-state index contributed by atoms with van der Waals surface area (Å²) in [4.78, 5) is 14.5. The first-order valence-corrected chi connectivity index (χ1v) is 8.37. The largest absolute Gasteiger partial charge is 0.355 e. The van der Waals surface area contributed by atoms with E-state index in [4.69, 9.17) is 5.73 Å².